The van der Waals surface area contributed by atoms with Crippen molar-refractivity contribution in [2.75, 3.05) is 39.5 Å². The van der Waals surface area contributed by atoms with Crippen LogP contribution in [0.15, 0.2) is 18.2 Å². The SMILES string of the molecule is CCOc1cc(C(CN)N2CCOCC2)ccc1O. The lowest BCUT2D eigenvalue weighted by atomic mass is 10.0. The number of phenolic OH excluding ortho intramolecular Hbond substituents is 1. The topological polar surface area (TPSA) is 68.0 Å². The first-order valence-electron chi connectivity index (χ1n) is 6.73. The molecule has 1 aromatic rings. The molecule has 0 bridgehead atoms. The average molecular weight is 266 g/mol. The van der Waals surface area contributed by atoms with Gasteiger partial charge in [0.05, 0.1) is 19.8 Å². The molecule has 106 valence electrons. The van der Waals surface area contributed by atoms with E-state index in [0.29, 0.717) is 18.9 Å². The summed E-state index contributed by atoms with van der Waals surface area (Å²) >= 11 is 0. The van der Waals surface area contributed by atoms with E-state index in [4.69, 9.17) is 15.2 Å². The molecule has 1 unspecified atom stereocenters. The molecule has 19 heavy (non-hydrogen) atoms. The smallest absolute Gasteiger partial charge is 0.161 e. The van der Waals surface area contributed by atoms with Crippen molar-refractivity contribution in [1.82, 2.24) is 4.90 Å². The van der Waals surface area contributed by atoms with Gasteiger partial charge in [-0.15, -0.1) is 0 Å². The van der Waals surface area contributed by atoms with E-state index in [0.717, 1.165) is 31.9 Å². The second-order valence-electron chi connectivity index (χ2n) is 4.56. The molecular formula is C14H22N2O3. The van der Waals surface area contributed by atoms with Crippen molar-refractivity contribution in [3.05, 3.63) is 23.8 Å². The number of phenols is 1. The monoisotopic (exact) mass is 266 g/mol. The van der Waals surface area contributed by atoms with Crippen LogP contribution in [0, 0.1) is 0 Å². The lowest BCUT2D eigenvalue weighted by Crippen LogP contribution is -2.41. The molecule has 0 saturated carbocycles. The summed E-state index contributed by atoms with van der Waals surface area (Å²) in [5, 5.41) is 9.74. The number of benzene rings is 1. The van der Waals surface area contributed by atoms with E-state index < -0.39 is 0 Å². The molecule has 1 atom stereocenters. The molecule has 1 aromatic carbocycles. The second-order valence-corrected chi connectivity index (χ2v) is 4.56. The van der Waals surface area contributed by atoms with E-state index in [2.05, 4.69) is 4.90 Å². The van der Waals surface area contributed by atoms with E-state index in [-0.39, 0.29) is 11.8 Å². The summed E-state index contributed by atoms with van der Waals surface area (Å²) in [5.74, 6) is 0.690. The predicted molar refractivity (Wildman–Crippen MR) is 73.5 cm³/mol. The third kappa shape index (κ3) is 3.37. The Kier molecular flexibility index (Phi) is 5.01. The van der Waals surface area contributed by atoms with Crippen molar-refractivity contribution in [3.63, 3.8) is 0 Å². The second kappa shape index (κ2) is 6.75. The number of morpholine rings is 1. The van der Waals surface area contributed by atoms with Crippen molar-refractivity contribution < 1.29 is 14.6 Å². The van der Waals surface area contributed by atoms with Crippen LogP contribution in [-0.2, 0) is 4.74 Å². The van der Waals surface area contributed by atoms with Gasteiger partial charge in [0.2, 0.25) is 0 Å². The third-order valence-electron chi connectivity index (χ3n) is 3.38. The normalized spacial score (nSPS) is 18.2. The van der Waals surface area contributed by atoms with Gasteiger partial charge < -0.3 is 20.3 Å². The maximum atomic E-state index is 9.74. The van der Waals surface area contributed by atoms with Gasteiger partial charge in [0.15, 0.2) is 11.5 Å². The molecule has 2 rings (SSSR count). The summed E-state index contributed by atoms with van der Waals surface area (Å²) in [6.45, 7) is 6.21. The van der Waals surface area contributed by atoms with Gasteiger partial charge in [-0.2, -0.15) is 0 Å². The minimum atomic E-state index is 0.142. The summed E-state index contributed by atoms with van der Waals surface area (Å²) < 4.78 is 10.8. The summed E-state index contributed by atoms with van der Waals surface area (Å²) in [5.41, 5.74) is 6.99. The lowest BCUT2D eigenvalue weighted by Gasteiger charge is -2.34. The predicted octanol–water partition coefficient (Wildman–Crippen LogP) is 1.12. The Hall–Kier alpha value is -1.30. The molecule has 5 heteroatoms. The largest absolute Gasteiger partial charge is 0.504 e. The number of ether oxygens (including phenoxy) is 2. The number of nitrogens with two attached hydrogens (primary N) is 1. The first kappa shape index (κ1) is 14.1. The zero-order chi connectivity index (χ0) is 13.7. The Morgan fingerprint density at radius 2 is 2.16 bits per heavy atom. The fraction of sp³-hybridized carbons (Fsp3) is 0.571. The Bertz CT molecular complexity index is 406. The molecule has 0 aliphatic carbocycles. The molecular weight excluding hydrogens is 244 g/mol. The van der Waals surface area contributed by atoms with Crippen molar-refractivity contribution >= 4 is 0 Å². The first-order valence-corrected chi connectivity index (χ1v) is 6.73. The van der Waals surface area contributed by atoms with E-state index in [9.17, 15) is 5.11 Å². The molecule has 0 amide bonds. The molecule has 0 spiro atoms. The zero-order valence-corrected chi connectivity index (χ0v) is 11.3. The van der Waals surface area contributed by atoms with Gasteiger partial charge in [-0.25, -0.2) is 0 Å². The van der Waals surface area contributed by atoms with Crippen LogP contribution in [0.1, 0.15) is 18.5 Å². The van der Waals surface area contributed by atoms with Crippen molar-refractivity contribution in [1.29, 1.82) is 0 Å². The van der Waals surface area contributed by atoms with E-state index in [1.165, 1.54) is 0 Å². The van der Waals surface area contributed by atoms with Crippen LogP contribution in [0.4, 0.5) is 0 Å². The highest BCUT2D eigenvalue weighted by atomic mass is 16.5. The minimum absolute atomic E-state index is 0.142. The maximum Gasteiger partial charge on any atom is 0.161 e. The van der Waals surface area contributed by atoms with Crippen LogP contribution in [0.5, 0.6) is 11.5 Å². The van der Waals surface area contributed by atoms with Gasteiger partial charge >= 0.3 is 0 Å². The van der Waals surface area contributed by atoms with Crippen LogP contribution in [0.3, 0.4) is 0 Å². The Morgan fingerprint density at radius 3 is 2.79 bits per heavy atom. The van der Waals surface area contributed by atoms with Gasteiger partial charge in [-0.05, 0) is 24.6 Å². The highest BCUT2D eigenvalue weighted by Crippen LogP contribution is 2.31. The quantitative estimate of drug-likeness (QED) is 0.836. The zero-order valence-electron chi connectivity index (χ0n) is 11.3. The van der Waals surface area contributed by atoms with Crippen molar-refractivity contribution in [2.45, 2.75) is 13.0 Å². The molecule has 3 N–H and O–H groups in total. The van der Waals surface area contributed by atoms with Crippen LogP contribution in [0.2, 0.25) is 0 Å². The van der Waals surface area contributed by atoms with Crippen molar-refractivity contribution in [2.24, 2.45) is 5.73 Å². The van der Waals surface area contributed by atoms with Crippen molar-refractivity contribution in [3.8, 4) is 11.5 Å². The summed E-state index contributed by atoms with van der Waals surface area (Å²) in [6, 6.07) is 5.60. The molecule has 1 fully saturated rings. The molecule has 0 aromatic heterocycles. The standard InChI is InChI=1S/C14H22N2O3/c1-2-19-14-9-11(3-4-13(14)17)12(10-15)16-5-7-18-8-6-16/h3-4,9,12,17H,2,5-8,10,15H2,1H3. The molecule has 1 saturated heterocycles. The molecule has 1 heterocycles. The van der Waals surface area contributed by atoms with Gasteiger partial charge in [0.1, 0.15) is 0 Å². The van der Waals surface area contributed by atoms with E-state index in [1.807, 2.05) is 19.1 Å². The molecule has 1 aliphatic rings. The highest BCUT2D eigenvalue weighted by molar-refractivity contribution is 5.43. The van der Waals surface area contributed by atoms with Gasteiger partial charge in [-0.1, -0.05) is 6.07 Å². The maximum absolute atomic E-state index is 9.74. The van der Waals surface area contributed by atoms with Crippen LogP contribution in [0.25, 0.3) is 0 Å². The molecule has 5 nitrogen and oxygen atoms in total. The van der Waals surface area contributed by atoms with Gasteiger partial charge in [0.25, 0.3) is 0 Å². The number of hydrogen-bond acceptors (Lipinski definition) is 5. The molecule has 0 radical (unpaired) electrons. The molecule has 1 aliphatic heterocycles. The fourth-order valence-electron chi connectivity index (χ4n) is 2.39. The minimum Gasteiger partial charge on any atom is -0.504 e. The van der Waals surface area contributed by atoms with Gasteiger partial charge in [0, 0.05) is 25.7 Å². The number of hydrogen-bond donors (Lipinski definition) is 2. The van der Waals surface area contributed by atoms with E-state index in [1.54, 1.807) is 6.07 Å². The summed E-state index contributed by atoms with van der Waals surface area (Å²) in [6.07, 6.45) is 0. The summed E-state index contributed by atoms with van der Waals surface area (Å²) in [7, 11) is 0. The van der Waals surface area contributed by atoms with Crippen LogP contribution < -0.4 is 10.5 Å². The third-order valence-corrected chi connectivity index (χ3v) is 3.38. The number of aromatic hydroxyl groups is 1. The Morgan fingerprint density at radius 1 is 1.42 bits per heavy atom. The summed E-state index contributed by atoms with van der Waals surface area (Å²) in [4.78, 5) is 2.31. The Labute approximate surface area is 113 Å². The van der Waals surface area contributed by atoms with Crippen LogP contribution >= 0.6 is 0 Å². The first-order chi connectivity index (χ1) is 9.26. The van der Waals surface area contributed by atoms with Crippen LogP contribution in [-0.4, -0.2) is 49.5 Å². The lowest BCUT2D eigenvalue weighted by molar-refractivity contribution is 0.0178. The number of nitrogens with zero attached hydrogens (tertiary/aromatic N) is 1. The fourth-order valence-corrected chi connectivity index (χ4v) is 2.39. The Balaban J connectivity index is 2.19. The average Bonchev–Trinajstić information content (AvgIpc) is 2.44. The van der Waals surface area contributed by atoms with E-state index >= 15 is 0 Å². The highest BCUT2D eigenvalue weighted by Gasteiger charge is 2.22. The van der Waals surface area contributed by atoms with Gasteiger partial charge in [-0.3, -0.25) is 4.90 Å². The number of rotatable bonds is 5.